The standard InChI is InChI=1S/C19H10F4N2/c20-15-5-1-3-12(18(15)22)11-9-14(17(7-8-24)25-10-11)13-4-2-6-16(21)19(13)23/h1-6,9-10H,7H2. The van der Waals surface area contributed by atoms with Crippen LogP contribution in [0.5, 0.6) is 0 Å². The van der Waals surface area contributed by atoms with Gasteiger partial charge in [-0.1, -0.05) is 24.3 Å². The third kappa shape index (κ3) is 3.09. The van der Waals surface area contributed by atoms with E-state index in [1.54, 1.807) is 0 Å². The minimum Gasteiger partial charge on any atom is -0.259 e. The van der Waals surface area contributed by atoms with Crippen molar-refractivity contribution >= 4 is 0 Å². The van der Waals surface area contributed by atoms with Crippen LogP contribution in [0.25, 0.3) is 22.3 Å². The first-order valence-electron chi connectivity index (χ1n) is 7.27. The molecule has 0 saturated heterocycles. The largest absolute Gasteiger partial charge is 0.259 e. The summed E-state index contributed by atoms with van der Waals surface area (Å²) in [7, 11) is 0. The second kappa shape index (κ2) is 6.73. The molecule has 0 aliphatic carbocycles. The summed E-state index contributed by atoms with van der Waals surface area (Å²) >= 11 is 0. The topological polar surface area (TPSA) is 36.7 Å². The van der Waals surface area contributed by atoms with Crippen molar-refractivity contribution in [3.8, 4) is 28.3 Å². The summed E-state index contributed by atoms with van der Waals surface area (Å²) in [5, 5.41) is 8.91. The minimum atomic E-state index is -1.10. The van der Waals surface area contributed by atoms with Gasteiger partial charge in [0.25, 0.3) is 0 Å². The summed E-state index contributed by atoms with van der Waals surface area (Å²) in [6.07, 6.45) is 1.13. The Balaban J connectivity index is 2.24. The summed E-state index contributed by atoms with van der Waals surface area (Å²) in [4.78, 5) is 4.06. The Hall–Kier alpha value is -3.20. The highest BCUT2D eigenvalue weighted by atomic mass is 19.2. The van der Waals surface area contributed by atoms with Gasteiger partial charge in [-0.15, -0.1) is 0 Å². The summed E-state index contributed by atoms with van der Waals surface area (Å²) in [6, 6.07) is 10.5. The van der Waals surface area contributed by atoms with Gasteiger partial charge < -0.3 is 0 Å². The number of rotatable bonds is 3. The van der Waals surface area contributed by atoms with E-state index in [-0.39, 0.29) is 34.4 Å². The van der Waals surface area contributed by atoms with Crippen LogP contribution in [0, 0.1) is 34.6 Å². The molecule has 124 valence electrons. The highest BCUT2D eigenvalue weighted by molar-refractivity contribution is 5.74. The Bertz CT molecular complexity index is 993. The molecule has 0 aliphatic heterocycles. The summed E-state index contributed by atoms with van der Waals surface area (Å²) < 4.78 is 55.2. The molecule has 0 saturated carbocycles. The molecule has 3 rings (SSSR count). The predicted molar refractivity (Wildman–Crippen MR) is 84.3 cm³/mol. The van der Waals surface area contributed by atoms with E-state index >= 15 is 0 Å². The van der Waals surface area contributed by atoms with Crippen molar-refractivity contribution in [1.82, 2.24) is 4.98 Å². The van der Waals surface area contributed by atoms with E-state index in [0.29, 0.717) is 0 Å². The fourth-order valence-electron chi connectivity index (χ4n) is 2.53. The number of nitrogens with zero attached hydrogens (tertiary/aromatic N) is 2. The molecule has 2 nitrogen and oxygen atoms in total. The van der Waals surface area contributed by atoms with Gasteiger partial charge in [0.05, 0.1) is 18.2 Å². The molecule has 0 atom stereocenters. The Labute approximate surface area is 141 Å². The third-order valence-electron chi connectivity index (χ3n) is 3.72. The Kier molecular flexibility index (Phi) is 4.48. The van der Waals surface area contributed by atoms with Crippen LogP contribution in [-0.4, -0.2) is 4.98 Å². The van der Waals surface area contributed by atoms with Gasteiger partial charge in [-0.25, -0.2) is 17.6 Å². The normalized spacial score (nSPS) is 10.5. The first-order chi connectivity index (χ1) is 12.0. The van der Waals surface area contributed by atoms with Crippen molar-refractivity contribution in [2.75, 3.05) is 0 Å². The number of pyridine rings is 1. The van der Waals surface area contributed by atoms with E-state index in [0.717, 1.165) is 12.1 Å². The van der Waals surface area contributed by atoms with Gasteiger partial charge in [0.1, 0.15) is 0 Å². The number of nitriles is 1. The minimum absolute atomic E-state index is 0.0610. The highest BCUT2D eigenvalue weighted by Gasteiger charge is 2.17. The maximum Gasteiger partial charge on any atom is 0.166 e. The smallest absolute Gasteiger partial charge is 0.166 e. The lowest BCUT2D eigenvalue weighted by atomic mass is 9.97. The molecule has 0 aliphatic rings. The van der Waals surface area contributed by atoms with Crippen molar-refractivity contribution in [1.29, 1.82) is 5.26 Å². The Morgan fingerprint density at radius 2 is 1.44 bits per heavy atom. The van der Waals surface area contributed by atoms with Gasteiger partial charge in [-0.05, 0) is 18.2 Å². The first-order valence-corrected chi connectivity index (χ1v) is 7.27. The van der Waals surface area contributed by atoms with E-state index in [2.05, 4.69) is 4.98 Å². The lowest BCUT2D eigenvalue weighted by molar-refractivity contribution is 0.511. The molecule has 6 heteroatoms. The van der Waals surface area contributed by atoms with Gasteiger partial charge >= 0.3 is 0 Å². The molecule has 0 N–H and O–H groups in total. The summed E-state index contributed by atoms with van der Waals surface area (Å²) in [5.74, 6) is -4.25. The van der Waals surface area contributed by atoms with Gasteiger partial charge in [0.2, 0.25) is 0 Å². The predicted octanol–water partition coefficient (Wildman–Crippen LogP) is 5.04. The lowest BCUT2D eigenvalue weighted by Crippen LogP contribution is -1.99. The molecule has 25 heavy (non-hydrogen) atoms. The van der Waals surface area contributed by atoms with Crippen LogP contribution in [0.4, 0.5) is 17.6 Å². The molecular formula is C19H10F4N2. The van der Waals surface area contributed by atoms with Gasteiger partial charge in [-0.2, -0.15) is 5.26 Å². The maximum atomic E-state index is 14.2. The van der Waals surface area contributed by atoms with E-state index in [1.807, 2.05) is 6.07 Å². The van der Waals surface area contributed by atoms with Crippen LogP contribution in [0.1, 0.15) is 5.69 Å². The van der Waals surface area contributed by atoms with Crippen LogP contribution in [-0.2, 0) is 6.42 Å². The zero-order valence-corrected chi connectivity index (χ0v) is 12.7. The zero-order valence-electron chi connectivity index (χ0n) is 12.7. The van der Waals surface area contributed by atoms with Crippen molar-refractivity contribution in [3.63, 3.8) is 0 Å². The average Bonchev–Trinajstić information content (AvgIpc) is 2.61. The summed E-state index contributed by atoms with van der Waals surface area (Å²) in [5.41, 5.74) is 0.398. The number of benzene rings is 2. The Morgan fingerprint density at radius 3 is 2.08 bits per heavy atom. The van der Waals surface area contributed by atoms with Gasteiger partial charge in [0.15, 0.2) is 23.3 Å². The third-order valence-corrected chi connectivity index (χ3v) is 3.72. The van der Waals surface area contributed by atoms with Crippen LogP contribution in [0.2, 0.25) is 0 Å². The van der Waals surface area contributed by atoms with Crippen molar-refractivity contribution in [2.45, 2.75) is 6.42 Å². The number of aromatic nitrogens is 1. The first kappa shape index (κ1) is 16.7. The molecule has 0 spiro atoms. The molecule has 0 fully saturated rings. The monoisotopic (exact) mass is 342 g/mol. The second-order valence-electron chi connectivity index (χ2n) is 5.26. The average molecular weight is 342 g/mol. The maximum absolute atomic E-state index is 14.2. The molecule has 0 bridgehead atoms. The second-order valence-corrected chi connectivity index (χ2v) is 5.26. The molecule has 0 unspecified atom stereocenters. The van der Waals surface area contributed by atoms with Crippen LogP contribution >= 0.6 is 0 Å². The fourth-order valence-corrected chi connectivity index (χ4v) is 2.53. The molecule has 1 heterocycles. The molecule has 0 amide bonds. The highest BCUT2D eigenvalue weighted by Crippen LogP contribution is 2.32. The van der Waals surface area contributed by atoms with Crippen LogP contribution in [0.15, 0.2) is 48.7 Å². The van der Waals surface area contributed by atoms with Crippen molar-refractivity contribution < 1.29 is 17.6 Å². The van der Waals surface area contributed by atoms with Gasteiger partial charge in [0, 0.05) is 28.5 Å². The quantitative estimate of drug-likeness (QED) is 0.626. The lowest BCUT2D eigenvalue weighted by Gasteiger charge is -2.11. The number of hydrogen-bond acceptors (Lipinski definition) is 2. The van der Waals surface area contributed by atoms with Gasteiger partial charge in [-0.3, -0.25) is 4.98 Å². The summed E-state index contributed by atoms with van der Waals surface area (Å²) in [6.45, 7) is 0. The number of hydrogen-bond donors (Lipinski definition) is 0. The van der Waals surface area contributed by atoms with E-state index < -0.39 is 23.3 Å². The molecule has 1 aromatic heterocycles. The Morgan fingerprint density at radius 1 is 0.840 bits per heavy atom. The van der Waals surface area contributed by atoms with Crippen LogP contribution in [0.3, 0.4) is 0 Å². The SMILES string of the molecule is N#CCc1ncc(-c2cccc(F)c2F)cc1-c1cccc(F)c1F. The fraction of sp³-hybridized carbons (Fsp3) is 0.0526. The van der Waals surface area contributed by atoms with E-state index in [4.69, 9.17) is 5.26 Å². The van der Waals surface area contributed by atoms with Crippen LogP contribution < -0.4 is 0 Å². The zero-order chi connectivity index (χ0) is 18.0. The molecule has 2 aromatic carbocycles. The van der Waals surface area contributed by atoms with Crippen molar-refractivity contribution in [2.24, 2.45) is 0 Å². The number of halogens is 4. The molecule has 0 radical (unpaired) electrons. The molecule has 3 aromatic rings. The molecular weight excluding hydrogens is 332 g/mol. The van der Waals surface area contributed by atoms with Crippen molar-refractivity contribution in [3.05, 3.63) is 77.6 Å². The van der Waals surface area contributed by atoms with E-state index in [9.17, 15) is 17.6 Å². The van der Waals surface area contributed by atoms with E-state index in [1.165, 1.54) is 36.5 Å².